The van der Waals surface area contributed by atoms with Gasteiger partial charge in [0.25, 0.3) is 11.7 Å². The molecule has 0 aromatic carbocycles. The first-order valence-corrected chi connectivity index (χ1v) is 6.59. The average molecular weight is 252 g/mol. The van der Waals surface area contributed by atoms with E-state index in [9.17, 15) is 4.79 Å². The summed E-state index contributed by atoms with van der Waals surface area (Å²) in [5, 5.41) is 6.37. The van der Waals surface area contributed by atoms with Crippen molar-refractivity contribution in [1.82, 2.24) is 15.5 Å². The first-order chi connectivity index (χ1) is 8.72. The summed E-state index contributed by atoms with van der Waals surface area (Å²) in [5.74, 6) is 0.395. The number of carbonyl (C=O) groups excluding carboxylic acids is 1. The van der Waals surface area contributed by atoms with E-state index in [0.29, 0.717) is 12.4 Å². The smallest absolute Gasteiger partial charge is 0.292 e. The fraction of sp³-hybridized carbons (Fsp3) is 0.750. The Morgan fingerprint density at radius 2 is 2.22 bits per heavy atom. The molecule has 1 heterocycles. The average Bonchev–Trinajstić information content (AvgIpc) is 2.74. The van der Waals surface area contributed by atoms with Gasteiger partial charge in [0.2, 0.25) is 5.89 Å². The maximum atomic E-state index is 11.6. The van der Waals surface area contributed by atoms with Gasteiger partial charge in [-0.05, 0) is 19.8 Å². The normalized spacial score (nSPS) is 24.6. The molecule has 0 saturated heterocycles. The highest BCUT2D eigenvalue weighted by Gasteiger charge is 2.28. The van der Waals surface area contributed by atoms with Crippen LogP contribution in [0.1, 0.15) is 61.5 Å². The van der Waals surface area contributed by atoms with Crippen molar-refractivity contribution in [1.29, 1.82) is 0 Å². The number of amides is 1. The van der Waals surface area contributed by atoms with Crippen molar-refractivity contribution >= 4 is 5.91 Å². The van der Waals surface area contributed by atoms with E-state index in [-0.39, 0.29) is 23.7 Å². The molecule has 1 aromatic rings. The Labute approximate surface area is 106 Å². The third kappa shape index (κ3) is 2.87. The van der Waals surface area contributed by atoms with Crippen LogP contribution in [-0.4, -0.2) is 28.6 Å². The third-order valence-electron chi connectivity index (χ3n) is 3.37. The van der Waals surface area contributed by atoms with Gasteiger partial charge >= 0.3 is 0 Å². The summed E-state index contributed by atoms with van der Waals surface area (Å²) < 4.78 is 5.20. The lowest BCUT2D eigenvalue weighted by Gasteiger charge is -2.16. The van der Waals surface area contributed by atoms with Gasteiger partial charge in [-0.15, -0.1) is 0 Å². The van der Waals surface area contributed by atoms with Crippen LogP contribution in [0.25, 0.3) is 0 Å². The molecule has 100 valence electrons. The first-order valence-electron chi connectivity index (χ1n) is 6.59. The van der Waals surface area contributed by atoms with Crippen LogP contribution in [0.5, 0.6) is 0 Å². The lowest BCUT2D eigenvalue weighted by molar-refractivity contribution is 0.0942. The van der Waals surface area contributed by atoms with E-state index in [1.54, 1.807) is 0 Å². The SMILES string of the molecule is CCNC(=O)c1noc(C2CCCCCC2N)n1. The van der Waals surface area contributed by atoms with Gasteiger partial charge < -0.3 is 15.6 Å². The van der Waals surface area contributed by atoms with E-state index < -0.39 is 0 Å². The zero-order chi connectivity index (χ0) is 13.0. The van der Waals surface area contributed by atoms with Crippen molar-refractivity contribution in [2.45, 2.75) is 51.0 Å². The monoisotopic (exact) mass is 252 g/mol. The minimum Gasteiger partial charge on any atom is -0.349 e. The van der Waals surface area contributed by atoms with Gasteiger partial charge in [0.05, 0.1) is 5.92 Å². The van der Waals surface area contributed by atoms with Crippen LogP contribution in [0.4, 0.5) is 0 Å². The predicted octanol–water partition coefficient (Wildman–Crippen LogP) is 1.19. The fourth-order valence-corrected chi connectivity index (χ4v) is 2.36. The number of nitrogens with zero attached hydrogens (tertiary/aromatic N) is 2. The number of hydrogen-bond acceptors (Lipinski definition) is 5. The molecule has 0 bridgehead atoms. The van der Waals surface area contributed by atoms with Gasteiger partial charge in [0, 0.05) is 12.6 Å². The predicted molar refractivity (Wildman–Crippen MR) is 66.1 cm³/mol. The second-order valence-corrected chi connectivity index (χ2v) is 4.72. The zero-order valence-electron chi connectivity index (χ0n) is 10.7. The molecule has 0 radical (unpaired) electrons. The molecule has 18 heavy (non-hydrogen) atoms. The lowest BCUT2D eigenvalue weighted by Crippen LogP contribution is -2.28. The van der Waals surface area contributed by atoms with Crippen molar-refractivity contribution in [3.05, 3.63) is 11.7 Å². The Morgan fingerprint density at radius 3 is 3.00 bits per heavy atom. The zero-order valence-corrected chi connectivity index (χ0v) is 10.7. The topological polar surface area (TPSA) is 94.0 Å². The molecule has 2 atom stereocenters. The molecule has 0 aliphatic heterocycles. The molecule has 6 heteroatoms. The van der Waals surface area contributed by atoms with Crippen molar-refractivity contribution in [2.24, 2.45) is 5.73 Å². The third-order valence-corrected chi connectivity index (χ3v) is 3.37. The van der Waals surface area contributed by atoms with E-state index in [1.165, 1.54) is 6.42 Å². The Kier molecular flexibility index (Phi) is 4.30. The number of hydrogen-bond donors (Lipinski definition) is 2. The molecular weight excluding hydrogens is 232 g/mol. The van der Waals surface area contributed by atoms with Crippen LogP contribution in [0.3, 0.4) is 0 Å². The van der Waals surface area contributed by atoms with E-state index >= 15 is 0 Å². The van der Waals surface area contributed by atoms with Gasteiger partial charge in [-0.25, -0.2) is 0 Å². The number of rotatable bonds is 3. The summed E-state index contributed by atoms with van der Waals surface area (Å²) in [4.78, 5) is 15.7. The van der Waals surface area contributed by atoms with Crippen molar-refractivity contribution < 1.29 is 9.32 Å². The highest BCUT2D eigenvalue weighted by atomic mass is 16.5. The van der Waals surface area contributed by atoms with Crippen LogP contribution < -0.4 is 11.1 Å². The molecule has 0 spiro atoms. The minimum atomic E-state index is -0.297. The molecule has 2 rings (SSSR count). The summed E-state index contributed by atoms with van der Waals surface area (Å²) in [6.45, 7) is 2.39. The largest absolute Gasteiger partial charge is 0.349 e. The van der Waals surface area contributed by atoms with Gasteiger partial charge in [-0.1, -0.05) is 24.4 Å². The number of nitrogens with two attached hydrogens (primary N) is 1. The van der Waals surface area contributed by atoms with E-state index in [1.807, 2.05) is 6.92 Å². The van der Waals surface area contributed by atoms with E-state index in [2.05, 4.69) is 15.5 Å². The quantitative estimate of drug-likeness (QED) is 0.788. The summed E-state index contributed by atoms with van der Waals surface area (Å²) in [5.41, 5.74) is 6.13. The second-order valence-electron chi connectivity index (χ2n) is 4.72. The van der Waals surface area contributed by atoms with Crippen LogP contribution in [-0.2, 0) is 0 Å². The molecule has 6 nitrogen and oxygen atoms in total. The maximum absolute atomic E-state index is 11.6. The maximum Gasteiger partial charge on any atom is 0.292 e. The molecule has 1 aliphatic rings. The minimum absolute atomic E-state index is 0.0510. The highest BCUT2D eigenvalue weighted by Crippen LogP contribution is 2.29. The Hall–Kier alpha value is -1.43. The molecule has 1 amide bonds. The van der Waals surface area contributed by atoms with Crippen LogP contribution in [0, 0.1) is 0 Å². The Balaban J connectivity index is 2.10. The molecule has 3 N–H and O–H groups in total. The van der Waals surface area contributed by atoms with Crippen molar-refractivity contribution in [2.75, 3.05) is 6.54 Å². The molecular formula is C12H20N4O2. The second kappa shape index (κ2) is 5.95. The van der Waals surface area contributed by atoms with E-state index in [4.69, 9.17) is 10.3 Å². The number of carbonyl (C=O) groups is 1. The van der Waals surface area contributed by atoms with Gasteiger partial charge in [-0.3, -0.25) is 4.79 Å². The standard InChI is InChI=1S/C12H20N4O2/c1-2-14-11(17)10-15-12(18-16-10)8-6-4-3-5-7-9(8)13/h8-9H,2-7,13H2,1H3,(H,14,17). The van der Waals surface area contributed by atoms with E-state index in [0.717, 1.165) is 25.7 Å². The van der Waals surface area contributed by atoms with Gasteiger partial charge in [0.1, 0.15) is 0 Å². The van der Waals surface area contributed by atoms with Crippen molar-refractivity contribution in [3.63, 3.8) is 0 Å². The summed E-state index contributed by atoms with van der Waals surface area (Å²) >= 11 is 0. The molecule has 1 aromatic heterocycles. The summed E-state index contributed by atoms with van der Waals surface area (Å²) in [6, 6.07) is 0.0510. The molecule has 1 fully saturated rings. The lowest BCUT2D eigenvalue weighted by atomic mass is 9.95. The van der Waals surface area contributed by atoms with Gasteiger partial charge in [-0.2, -0.15) is 4.98 Å². The number of nitrogens with one attached hydrogen (secondary N) is 1. The van der Waals surface area contributed by atoms with Gasteiger partial charge in [0.15, 0.2) is 0 Å². The summed E-state index contributed by atoms with van der Waals surface area (Å²) in [7, 11) is 0. The molecule has 1 aliphatic carbocycles. The highest BCUT2D eigenvalue weighted by molar-refractivity contribution is 5.90. The van der Waals surface area contributed by atoms with Crippen LogP contribution in [0.15, 0.2) is 4.52 Å². The Morgan fingerprint density at radius 1 is 1.44 bits per heavy atom. The fourth-order valence-electron chi connectivity index (χ4n) is 2.36. The molecule has 2 unspecified atom stereocenters. The first kappa shape index (κ1) is 13.0. The Bertz CT molecular complexity index is 405. The van der Waals surface area contributed by atoms with Crippen molar-refractivity contribution in [3.8, 4) is 0 Å². The van der Waals surface area contributed by atoms with Crippen LogP contribution >= 0.6 is 0 Å². The number of aromatic nitrogens is 2. The van der Waals surface area contributed by atoms with Crippen LogP contribution in [0.2, 0.25) is 0 Å². The molecule has 1 saturated carbocycles. The summed E-state index contributed by atoms with van der Waals surface area (Å²) in [6.07, 6.45) is 5.40.